The maximum Gasteiger partial charge on any atom is 0.258 e. The third-order valence-electron chi connectivity index (χ3n) is 4.92. The third kappa shape index (κ3) is 5.07. The van der Waals surface area contributed by atoms with E-state index < -0.39 is 0 Å². The van der Waals surface area contributed by atoms with Gasteiger partial charge in [0.2, 0.25) is 5.91 Å². The molecule has 0 aliphatic rings. The quantitative estimate of drug-likeness (QED) is 0.385. The van der Waals surface area contributed by atoms with Gasteiger partial charge in [0.15, 0.2) is 0 Å². The number of nitrogens with one attached hydrogen (secondary N) is 1. The molecule has 4 rings (SSSR count). The van der Waals surface area contributed by atoms with E-state index in [-0.39, 0.29) is 18.0 Å². The molecule has 160 valence electrons. The molecule has 0 saturated heterocycles. The van der Waals surface area contributed by atoms with Gasteiger partial charge in [-0.3, -0.25) is 9.59 Å². The summed E-state index contributed by atoms with van der Waals surface area (Å²) in [7, 11) is 0. The number of benzene rings is 3. The Bertz CT molecular complexity index is 1350. The van der Waals surface area contributed by atoms with E-state index in [1.807, 2.05) is 36.4 Å². The van der Waals surface area contributed by atoms with Crippen LogP contribution in [0, 0.1) is 0 Å². The topological polar surface area (TPSA) is 66.1 Å². The summed E-state index contributed by atoms with van der Waals surface area (Å²) in [4.78, 5) is 34.5. The number of para-hydroxylation sites is 1. The highest BCUT2D eigenvalue weighted by atomic mass is 35.5. The first-order chi connectivity index (χ1) is 15.5. The Balaban J connectivity index is 1.64. The van der Waals surface area contributed by atoms with Gasteiger partial charge in [0.1, 0.15) is 5.82 Å². The van der Waals surface area contributed by atoms with Gasteiger partial charge < -0.3 is 9.88 Å². The molecular weight excluding hydrogens is 445 g/mol. The van der Waals surface area contributed by atoms with Gasteiger partial charge >= 0.3 is 0 Å². The summed E-state index contributed by atoms with van der Waals surface area (Å²) in [6.07, 6.45) is 3.07. The molecule has 0 spiro atoms. The van der Waals surface area contributed by atoms with E-state index in [2.05, 4.69) is 9.97 Å². The highest BCUT2D eigenvalue weighted by Crippen LogP contribution is 2.26. The van der Waals surface area contributed by atoms with Crippen LogP contribution in [0.15, 0.2) is 83.7 Å². The zero-order chi connectivity index (χ0) is 22.5. The molecule has 0 radical (unpaired) electrons. The Morgan fingerprint density at radius 3 is 2.50 bits per heavy atom. The molecule has 5 nitrogen and oxygen atoms in total. The molecule has 0 atom stereocenters. The van der Waals surface area contributed by atoms with Crippen molar-refractivity contribution >= 4 is 46.1 Å². The number of nitrogens with zero attached hydrogens (tertiary/aromatic N) is 2. The first-order valence-corrected chi connectivity index (χ1v) is 10.7. The Morgan fingerprint density at radius 1 is 0.938 bits per heavy atom. The van der Waals surface area contributed by atoms with Gasteiger partial charge in [-0.1, -0.05) is 77.8 Å². The van der Waals surface area contributed by atoms with Gasteiger partial charge in [0.25, 0.3) is 5.56 Å². The zero-order valence-corrected chi connectivity index (χ0v) is 18.5. The maximum absolute atomic E-state index is 13.1. The molecule has 4 aromatic rings. The molecule has 0 unspecified atom stereocenters. The van der Waals surface area contributed by atoms with Crippen molar-refractivity contribution in [1.29, 1.82) is 0 Å². The van der Waals surface area contributed by atoms with Crippen molar-refractivity contribution < 1.29 is 4.79 Å². The van der Waals surface area contributed by atoms with Crippen LogP contribution in [-0.2, 0) is 17.9 Å². The average molecular weight is 464 g/mol. The fourth-order valence-electron chi connectivity index (χ4n) is 3.32. The molecule has 0 aliphatic heterocycles. The molecule has 1 amide bonds. The molecule has 32 heavy (non-hydrogen) atoms. The molecule has 1 N–H and O–H groups in total. The monoisotopic (exact) mass is 463 g/mol. The summed E-state index contributed by atoms with van der Waals surface area (Å²) in [6, 6.07) is 22.0. The number of aromatic nitrogens is 2. The smallest absolute Gasteiger partial charge is 0.258 e. The average Bonchev–Trinajstić information content (AvgIpc) is 2.80. The molecule has 1 aromatic heterocycles. The van der Waals surface area contributed by atoms with E-state index in [9.17, 15) is 9.59 Å². The third-order valence-corrected chi connectivity index (χ3v) is 5.75. The van der Waals surface area contributed by atoms with Gasteiger partial charge in [0, 0.05) is 12.6 Å². The second-order valence-corrected chi connectivity index (χ2v) is 7.97. The number of carbonyl (C=O) groups is 1. The zero-order valence-electron chi connectivity index (χ0n) is 17.0. The molecule has 0 bridgehead atoms. The van der Waals surface area contributed by atoms with Gasteiger partial charge in [-0.15, -0.1) is 0 Å². The Kier molecular flexibility index (Phi) is 6.69. The fraction of sp³-hybridized carbons (Fsp3) is 0.0800. The standard InChI is InChI=1S/C25H19Cl2N3O2/c26-20-11-6-9-18(24(20)27)13-14-23(31)30(15-17-7-2-1-3-8-17)16-22-28-21-12-5-4-10-19(21)25(32)29-22/h1-14H,15-16H2,(H,28,29,32)/b14-13+. The lowest BCUT2D eigenvalue weighted by Crippen LogP contribution is -2.30. The van der Waals surface area contributed by atoms with E-state index in [1.54, 1.807) is 47.4 Å². The second kappa shape index (κ2) is 9.81. The highest BCUT2D eigenvalue weighted by Gasteiger charge is 2.15. The summed E-state index contributed by atoms with van der Waals surface area (Å²) < 4.78 is 0. The molecule has 0 fully saturated rings. The van der Waals surface area contributed by atoms with Crippen LogP contribution in [0.3, 0.4) is 0 Å². The lowest BCUT2D eigenvalue weighted by molar-refractivity contribution is -0.127. The van der Waals surface area contributed by atoms with Crippen LogP contribution in [0.2, 0.25) is 10.0 Å². The van der Waals surface area contributed by atoms with Crippen LogP contribution >= 0.6 is 23.2 Å². The number of rotatable bonds is 6. The number of amides is 1. The Labute approximate surface area is 194 Å². The molecular formula is C25H19Cl2N3O2. The first kappa shape index (κ1) is 21.8. The summed E-state index contributed by atoms with van der Waals surface area (Å²) in [5.74, 6) is 0.160. The molecule has 1 heterocycles. The lowest BCUT2D eigenvalue weighted by atomic mass is 10.2. The van der Waals surface area contributed by atoms with Crippen molar-refractivity contribution in [2.75, 3.05) is 0 Å². The number of carbonyl (C=O) groups excluding carboxylic acids is 1. The number of aromatic amines is 1. The highest BCUT2D eigenvalue weighted by molar-refractivity contribution is 6.42. The van der Waals surface area contributed by atoms with Crippen molar-refractivity contribution in [3.8, 4) is 0 Å². The van der Waals surface area contributed by atoms with E-state index in [0.29, 0.717) is 38.9 Å². The summed E-state index contributed by atoms with van der Waals surface area (Å²) in [6.45, 7) is 0.491. The van der Waals surface area contributed by atoms with E-state index in [4.69, 9.17) is 23.2 Å². The van der Waals surface area contributed by atoms with Crippen molar-refractivity contribution in [2.24, 2.45) is 0 Å². The van der Waals surface area contributed by atoms with Gasteiger partial charge in [-0.05, 0) is 35.4 Å². The fourth-order valence-corrected chi connectivity index (χ4v) is 3.69. The van der Waals surface area contributed by atoms with E-state index in [0.717, 1.165) is 5.56 Å². The second-order valence-electron chi connectivity index (χ2n) is 7.19. The largest absolute Gasteiger partial charge is 0.327 e. The minimum Gasteiger partial charge on any atom is -0.327 e. The number of hydrogen-bond acceptors (Lipinski definition) is 3. The van der Waals surface area contributed by atoms with Gasteiger partial charge in [0.05, 0.1) is 27.5 Å². The van der Waals surface area contributed by atoms with Crippen molar-refractivity contribution in [2.45, 2.75) is 13.1 Å². The van der Waals surface area contributed by atoms with Crippen LogP contribution in [0.5, 0.6) is 0 Å². The molecule has 0 aliphatic carbocycles. The molecule has 0 saturated carbocycles. The van der Waals surface area contributed by atoms with Crippen LogP contribution < -0.4 is 5.56 Å². The predicted octanol–water partition coefficient (Wildman–Crippen LogP) is 5.47. The van der Waals surface area contributed by atoms with Crippen LogP contribution in [0.4, 0.5) is 0 Å². The van der Waals surface area contributed by atoms with Gasteiger partial charge in [-0.2, -0.15) is 0 Å². The Hall–Kier alpha value is -3.41. The van der Waals surface area contributed by atoms with Gasteiger partial charge in [-0.25, -0.2) is 4.98 Å². The maximum atomic E-state index is 13.1. The minimum absolute atomic E-state index is 0.140. The number of H-pyrrole nitrogens is 1. The summed E-state index contributed by atoms with van der Waals surface area (Å²) in [5, 5.41) is 1.31. The SMILES string of the molecule is O=C(/C=C/c1cccc(Cl)c1Cl)N(Cc1ccccc1)Cc1nc2ccccc2c(=O)[nH]1. The van der Waals surface area contributed by atoms with E-state index in [1.165, 1.54) is 6.08 Å². The van der Waals surface area contributed by atoms with E-state index >= 15 is 0 Å². The lowest BCUT2D eigenvalue weighted by Gasteiger charge is -2.21. The van der Waals surface area contributed by atoms with Crippen molar-refractivity contribution in [1.82, 2.24) is 14.9 Å². The summed E-state index contributed by atoms with van der Waals surface area (Å²) >= 11 is 12.3. The number of halogens is 2. The summed E-state index contributed by atoms with van der Waals surface area (Å²) in [5.41, 5.74) is 1.95. The molecule has 3 aromatic carbocycles. The van der Waals surface area contributed by atoms with Crippen molar-refractivity contribution in [3.05, 3.63) is 116 Å². The first-order valence-electron chi connectivity index (χ1n) is 9.94. The predicted molar refractivity (Wildman–Crippen MR) is 129 cm³/mol. The Morgan fingerprint density at radius 2 is 1.69 bits per heavy atom. The number of hydrogen-bond donors (Lipinski definition) is 1. The van der Waals surface area contributed by atoms with Crippen LogP contribution in [0.1, 0.15) is 17.0 Å². The van der Waals surface area contributed by atoms with Crippen LogP contribution in [-0.4, -0.2) is 20.8 Å². The number of fused-ring (bicyclic) bond motifs is 1. The van der Waals surface area contributed by atoms with Crippen molar-refractivity contribution in [3.63, 3.8) is 0 Å². The van der Waals surface area contributed by atoms with Crippen LogP contribution in [0.25, 0.3) is 17.0 Å². The minimum atomic E-state index is -0.249. The normalized spacial score (nSPS) is 11.2. The molecule has 7 heteroatoms.